The highest BCUT2D eigenvalue weighted by atomic mass is 16.4. The van der Waals surface area contributed by atoms with Gasteiger partial charge in [0.15, 0.2) is 0 Å². The molecule has 1 amide bonds. The van der Waals surface area contributed by atoms with E-state index in [0.29, 0.717) is 23.3 Å². The van der Waals surface area contributed by atoms with Crippen molar-refractivity contribution in [3.63, 3.8) is 0 Å². The number of anilines is 3. The van der Waals surface area contributed by atoms with Crippen LogP contribution in [-0.4, -0.2) is 44.1 Å². The number of carboxylic acids is 2. The predicted molar refractivity (Wildman–Crippen MR) is 113 cm³/mol. The van der Waals surface area contributed by atoms with Gasteiger partial charge in [0.1, 0.15) is 11.9 Å². The molecule has 0 aliphatic rings. The number of amides is 1. The molecule has 0 saturated carbocycles. The number of nitrogen functional groups attached to an aromatic ring is 2. The van der Waals surface area contributed by atoms with E-state index in [1.54, 1.807) is 18.2 Å². The molecule has 8 N–H and O–H groups in total. The molecule has 160 valence electrons. The van der Waals surface area contributed by atoms with Crippen molar-refractivity contribution in [2.45, 2.75) is 19.0 Å². The fourth-order valence-corrected chi connectivity index (χ4v) is 2.89. The van der Waals surface area contributed by atoms with Gasteiger partial charge in [-0.25, -0.2) is 9.78 Å². The second kappa shape index (κ2) is 8.95. The lowest BCUT2D eigenvalue weighted by Gasteiger charge is -2.13. The summed E-state index contributed by atoms with van der Waals surface area (Å²) in [6, 6.07) is 10.3. The molecule has 0 spiro atoms. The Labute approximate surface area is 176 Å². The third-order valence-corrected chi connectivity index (χ3v) is 4.43. The molecule has 1 aromatic heterocycles. The van der Waals surface area contributed by atoms with E-state index in [1.807, 2.05) is 12.1 Å². The molecule has 0 fully saturated rings. The Morgan fingerprint density at radius 3 is 2.35 bits per heavy atom. The van der Waals surface area contributed by atoms with Gasteiger partial charge in [-0.15, -0.1) is 0 Å². The van der Waals surface area contributed by atoms with Crippen LogP contribution in [0.1, 0.15) is 22.3 Å². The summed E-state index contributed by atoms with van der Waals surface area (Å²) < 4.78 is 0. The summed E-state index contributed by atoms with van der Waals surface area (Å²) in [5, 5.41) is 23.9. The first-order chi connectivity index (χ1) is 14.7. The van der Waals surface area contributed by atoms with Gasteiger partial charge >= 0.3 is 11.9 Å². The minimum absolute atomic E-state index is 0.109. The first-order valence-corrected chi connectivity index (χ1v) is 9.14. The first kappa shape index (κ1) is 21.3. The van der Waals surface area contributed by atoms with Crippen LogP contribution in [0, 0.1) is 0 Å². The van der Waals surface area contributed by atoms with Crippen LogP contribution in [0.5, 0.6) is 0 Å². The lowest BCUT2D eigenvalue weighted by Crippen LogP contribution is -2.42. The molecule has 1 heterocycles. The molecule has 3 aromatic rings. The number of carbonyl (C=O) groups excluding carboxylic acids is 1. The minimum Gasteiger partial charge on any atom is -0.481 e. The van der Waals surface area contributed by atoms with Crippen molar-refractivity contribution in [3.8, 4) is 0 Å². The minimum atomic E-state index is -1.51. The average Bonchev–Trinajstić information content (AvgIpc) is 2.71. The molecule has 0 aliphatic heterocycles. The Kier molecular flexibility index (Phi) is 6.15. The number of carboxylic acid groups (broad SMARTS) is 2. The number of nitrogens with zero attached hydrogens (tertiary/aromatic N) is 2. The monoisotopic (exact) mass is 424 g/mol. The quantitative estimate of drug-likeness (QED) is 0.304. The number of rotatable bonds is 8. The highest BCUT2D eigenvalue weighted by Crippen LogP contribution is 2.21. The largest absolute Gasteiger partial charge is 0.481 e. The maximum Gasteiger partial charge on any atom is 0.326 e. The zero-order valence-electron chi connectivity index (χ0n) is 16.2. The average molecular weight is 424 g/mol. The summed E-state index contributed by atoms with van der Waals surface area (Å²) >= 11 is 0. The molecule has 0 saturated heterocycles. The topological polar surface area (TPSA) is 194 Å². The van der Waals surface area contributed by atoms with Gasteiger partial charge in [0.25, 0.3) is 5.91 Å². The normalized spacial score (nSPS) is 11.6. The Bertz CT molecular complexity index is 1150. The van der Waals surface area contributed by atoms with Gasteiger partial charge in [0, 0.05) is 23.2 Å². The van der Waals surface area contributed by atoms with Gasteiger partial charge in [-0.1, -0.05) is 6.07 Å². The Morgan fingerprint density at radius 2 is 1.71 bits per heavy atom. The number of benzene rings is 2. The number of aliphatic carboxylic acids is 2. The zero-order chi connectivity index (χ0) is 22.5. The zero-order valence-corrected chi connectivity index (χ0v) is 16.2. The van der Waals surface area contributed by atoms with Crippen LogP contribution < -0.4 is 22.1 Å². The van der Waals surface area contributed by atoms with Crippen LogP contribution in [0.25, 0.3) is 10.9 Å². The second-order valence-electron chi connectivity index (χ2n) is 6.71. The molecule has 11 nitrogen and oxygen atoms in total. The van der Waals surface area contributed by atoms with E-state index in [-0.39, 0.29) is 11.5 Å². The standard InChI is InChI=1S/C20H20N6O5/c21-17-13-7-10(1-6-14(13)25-20(22)26-17)9-23-12-4-2-11(3-5-12)18(29)24-15(19(30)31)8-16(27)28/h1-7,15,23H,8-9H2,(H,24,29)(H,27,28)(H,30,31)(H4,21,22,25,26)/t15-/m0/s1. The number of hydrogen-bond donors (Lipinski definition) is 6. The van der Waals surface area contributed by atoms with E-state index in [2.05, 4.69) is 20.6 Å². The molecule has 31 heavy (non-hydrogen) atoms. The lowest BCUT2D eigenvalue weighted by atomic mass is 10.1. The molecule has 0 unspecified atom stereocenters. The van der Waals surface area contributed by atoms with Crippen molar-refractivity contribution in [2.75, 3.05) is 16.8 Å². The van der Waals surface area contributed by atoms with E-state index in [4.69, 9.17) is 21.7 Å². The van der Waals surface area contributed by atoms with Crippen LogP contribution >= 0.6 is 0 Å². The Hall–Kier alpha value is -4.41. The number of nitrogens with two attached hydrogens (primary N) is 2. The summed E-state index contributed by atoms with van der Waals surface area (Å²) in [5.74, 6) is -3.01. The lowest BCUT2D eigenvalue weighted by molar-refractivity contribution is -0.145. The van der Waals surface area contributed by atoms with Crippen molar-refractivity contribution in [2.24, 2.45) is 0 Å². The molecule has 1 atom stereocenters. The molecule has 11 heteroatoms. The molecule has 2 aromatic carbocycles. The van der Waals surface area contributed by atoms with Crippen LogP contribution in [0.15, 0.2) is 42.5 Å². The van der Waals surface area contributed by atoms with Gasteiger partial charge in [-0.3, -0.25) is 9.59 Å². The number of carbonyl (C=O) groups is 3. The summed E-state index contributed by atoms with van der Waals surface area (Å²) in [6.45, 7) is 0.463. The van der Waals surface area contributed by atoms with Crippen molar-refractivity contribution in [1.82, 2.24) is 15.3 Å². The van der Waals surface area contributed by atoms with Crippen molar-refractivity contribution >= 4 is 46.2 Å². The van der Waals surface area contributed by atoms with Crippen LogP contribution in [0.2, 0.25) is 0 Å². The number of aromatic nitrogens is 2. The van der Waals surface area contributed by atoms with Gasteiger partial charge in [-0.05, 0) is 42.0 Å². The third kappa shape index (κ3) is 5.35. The van der Waals surface area contributed by atoms with Gasteiger partial charge in [0.2, 0.25) is 5.95 Å². The smallest absolute Gasteiger partial charge is 0.326 e. The second-order valence-corrected chi connectivity index (χ2v) is 6.71. The SMILES string of the molecule is Nc1nc(N)c2cc(CNc3ccc(C(=O)N[C@@H](CC(=O)O)C(=O)O)cc3)ccc2n1. The molecule has 0 radical (unpaired) electrons. The molecule has 0 bridgehead atoms. The fraction of sp³-hybridized carbons (Fsp3) is 0.150. The van der Waals surface area contributed by atoms with E-state index in [0.717, 1.165) is 11.3 Å². The van der Waals surface area contributed by atoms with Crippen LogP contribution in [0.4, 0.5) is 17.5 Å². The summed E-state index contributed by atoms with van der Waals surface area (Å²) in [4.78, 5) is 42.1. The molecular formula is C20H20N6O5. The van der Waals surface area contributed by atoms with Crippen molar-refractivity contribution < 1.29 is 24.6 Å². The van der Waals surface area contributed by atoms with E-state index < -0.39 is 30.3 Å². The Balaban J connectivity index is 1.64. The summed E-state index contributed by atoms with van der Waals surface area (Å²) in [7, 11) is 0. The predicted octanol–water partition coefficient (Wildman–Crippen LogP) is 1.06. The van der Waals surface area contributed by atoms with Crippen molar-refractivity contribution in [1.29, 1.82) is 0 Å². The van der Waals surface area contributed by atoms with Crippen LogP contribution in [-0.2, 0) is 16.1 Å². The van der Waals surface area contributed by atoms with Gasteiger partial charge < -0.3 is 32.3 Å². The molecule has 3 rings (SSSR count). The maximum absolute atomic E-state index is 12.2. The fourth-order valence-electron chi connectivity index (χ4n) is 2.89. The van der Waals surface area contributed by atoms with Crippen LogP contribution in [0.3, 0.4) is 0 Å². The first-order valence-electron chi connectivity index (χ1n) is 9.14. The summed E-state index contributed by atoms with van der Waals surface area (Å²) in [6.07, 6.45) is -0.714. The van der Waals surface area contributed by atoms with E-state index in [1.165, 1.54) is 12.1 Å². The van der Waals surface area contributed by atoms with Gasteiger partial charge in [-0.2, -0.15) is 4.98 Å². The highest BCUT2D eigenvalue weighted by Gasteiger charge is 2.23. The number of fused-ring (bicyclic) bond motifs is 1. The third-order valence-electron chi connectivity index (χ3n) is 4.43. The van der Waals surface area contributed by atoms with E-state index >= 15 is 0 Å². The Morgan fingerprint density at radius 1 is 1.00 bits per heavy atom. The van der Waals surface area contributed by atoms with Gasteiger partial charge in [0.05, 0.1) is 11.9 Å². The number of hydrogen-bond acceptors (Lipinski definition) is 8. The molecule has 0 aliphatic carbocycles. The maximum atomic E-state index is 12.2. The highest BCUT2D eigenvalue weighted by molar-refractivity contribution is 5.97. The van der Waals surface area contributed by atoms with E-state index in [9.17, 15) is 14.4 Å². The molecular weight excluding hydrogens is 404 g/mol. The number of nitrogens with one attached hydrogen (secondary N) is 2. The summed E-state index contributed by atoms with van der Waals surface area (Å²) in [5.41, 5.74) is 14.0. The van der Waals surface area contributed by atoms with Crippen molar-refractivity contribution in [3.05, 3.63) is 53.6 Å².